The van der Waals surface area contributed by atoms with Gasteiger partial charge in [0.1, 0.15) is 5.76 Å². The summed E-state index contributed by atoms with van der Waals surface area (Å²) in [6.07, 6.45) is 5.27. The lowest BCUT2D eigenvalue weighted by Gasteiger charge is -2.39. The molecule has 1 aliphatic rings. The number of hydrogen-bond donors (Lipinski definition) is 1. The van der Waals surface area contributed by atoms with Gasteiger partial charge in [-0.05, 0) is 25.0 Å². The molecule has 0 aliphatic heterocycles. The van der Waals surface area contributed by atoms with Gasteiger partial charge in [-0.1, -0.05) is 31.4 Å². The Bertz CT molecular complexity index is 602. The third kappa shape index (κ3) is 2.13. The molecule has 1 saturated carbocycles. The number of nitrogens with two attached hydrogens (primary N) is 1. The zero-order chi connectivity index (χ0) is 14.2. The van der Waals surface area contributed by atoms with E-state index in [9.17, 15) is 4.39 Å². The minimum absolute atomic E-state index is 0.278. The quantitative estimate of drug-likeness (QED) is 0.925. The molecule has 1 atom stereocenters. The lowest BCUT2D eigenvalue weighted by molar-refractivity contribution is -0.0634. The van der Waals surface area contributed by atoms with Gasteiger partial charge in [0.15, 0.2) is 11.4 Å². The average molecular weight is 277 g/mol. The monoisotopic (exact) mass is 277 g/mol. The highest BCUT2D eigenvalue weighted by molar-refractivity contribution is 5.78. The highest BCUT2D eigenvalue weighted by atomic mass is 19.1. The first-order chi connectivity index (χ1) is 9.66. The van der Waals surface area contributed by atoms with Crippen molar-refractivity contribution in [3.8, 4) is 0 Å². The van der Waals surface area contributed by atoms with Gasteiger partial charge in [-0.2, -0.15) is 0 Å². The number of benzene rings is 1. The van der Waals surface area contributed by atoms with Crippen LogP contribution in [-0.4, -0.2) is 12.7 Å². The van der Waals surface area contributed by atoms with Crippen molar-refractivity contribution in [2.24, 2.45) is 5.73 Å². The molecule has 0 amide bonds. The smallest absolute Gasteiger partial charge is 0.169 e. The maximum atomic E-state index is 13.7. The van der Waals surface area contributed by atoms with Gasteiger partial charge >= 0.3 is 0 Å². The van der Waals surface area contributed by atoms with Gasteiger partial charge in [-0.25, -0.2) is 4.39 Å². The molecule has 1 unspecified atom stereocenters. The van der Waals surface area contributed by atoms with Crippen molar-refractivity contribution in [1.82, 2.24) is 0 Å². The van der Waals surface area contributed by atoms with E-state index in [-0.39, 0.29) is 23.0 Å². The maximum absolute atomic E-state index is 13.7. The highest BCUT2D eigenvalue weighted by Gasteiger charge is 2.40. The van der Waals surface area contributed by atoms with Crippen LogP contribution in [-0.2, 0) is 4.74 Å². The van der Waals surface area contributed by atoms with E-state index in [0.29, 0.717) is 5.76 Å². The molecule has 3 nitrogen and oxygen atoms in total. The van der Waals surface area contributed by atoms with Crippen LogP contribution in [0.4, 0.5) is 4.39 Å². The Morgan fingerprint density at radius 3 is 2.70 bits per heavy atom. The first-order valence-electron chi connectivity index (χ1n) is 7.15. The molecule has 3 rings (SSSR count). The van der Waals surface area contributed by atoms with Crippen molar-refractivity contribution < 1.29 is 13.5 Å². The maximum Gasteiger partial charge on any atom is 0.169 e. The van der Waals surface area contributed by atoms with E-state index in [1.54, 1.807) is 13.2 Å². The minimum atomic E-state index is -0.386. The summed E-state index contributed by atoms with van der Waals surface area (Å²) in [6, 6.07) is 6.37. The van der Waals surface area contributed by atoms with Crippen LogP contribution >= 0.6 is 0 Å². The van der Waals surface area contributed by atoms with Gasteiger partial charge in [-0.3, -0.25) is 0 Å². The number of halogens is 1. The number of methoxy groups -OCH3 is 1. The Balaban J connectivity index is 1.98. The van der Waals surface area contributed by atoms with Gasteiger partial charge in [0.05, 0.1) is 11.6 Å². The summed E-state index contributed by atoms with van der Waals surface area (Å²) in [6.45, 7) is 0. The predicted octanol–water partition coefficient (Wildman–Crippen LogP) is 3.92. The van der Waals surface area contributed by atoms with E-state index < -0.39 is 0 Å². The summed E-state index contributed by atoms with van der Waals surface area (Å²) in [5.74, 6) is 0.255. The fourth-order valence-electron chi connectivity index (χ4n) is 3.25. The summed E-state index contributed by atoms with van der Waals surface area (Å²) in [4.78, 5) is 0. The average Bonchev–Trinajstić information content (AvgIpc) is 2.92. The molecule has 20 heavy (non-hydrogen) atoms. The Morgan fingerprint density at radius 1 is 1.30 bits per heavy atom. The van der Waals surface area contributed by atoms with Crippen LogP contribution in [0.3, 0.4) is 0 Å². The Kier molecular flexibility index (Phi) is 3.52. The third-order valence-electron chi connectivity index (χ3n) is 4.49. The van der Waals surface area contributed by atoms with Crippen molar-refractivity contribution in [3.63, 3.8) is 0 Å². The zero-order valence-electron chi connectivity index (χ0n) is 11.7. The normalized spacial score (nSPS) is 20.1. The van der Waals surface area contributed by atoms with Crippen molar-refractivity contribution in [3.05, 3.63) is 35.8 Å². The van der Waals surface area contributed by atoms with Crippen molar-refractivity contribution in [1.29, 1.82) is 0 Å². The second-order valence-corrected chi connectivity index (χ2v) is 5.61. The fourth-order valence-corrected chi connectivity index (χ4v) is 3.25. The van der Waals surface area contributed by atoms with E-state index in [0.717, 1.165) is 31.1 Å². The molecule has 0 radical (unpaired) electrons. The highest BCUT2D eigenvalue weighted by Crippen LogP contribution is 2.41. The van der Waals surface area contributed by atoms with Gasteiger partial charge < -0.3 is 14.9 Å². The number of hydrogen-bond acceptors (Lipinski definition) is 3. The van der Waals surface area contributed by atoms with Crippen LogP contribution in [0.15, 0.2) is 28.7 Å². The second-order valence-electron chi connectivity index (χ2n) is 5.61. The van der Waals surface area contributed by atoms with Crippen LogP contribution in [0.1, 0.15) is 43.9 Å². The molecule has 0 saturated heterocycles. The molecule has 0 spiro atoms. The number of fused-ring (bicyclic) bond motifs is 1. The van der Waals surface area contributed by atoms with E-state index in [1.165, 1.54) is 12.5 Å². The first kappa shape index (κ1) is 13.6. The topological polar surface area (TPSA) is 48.4 Å². The number of para-hydroxylation sites is 1. The fraction of sp³-hybridized carbons (Fsp3) is 0.500. The SMILES string of the molecule is COC1(C(N)c2cc3cccc(F)c3o2)CCCCC1. The van der Waals surface area contributed by atoms with Gasteiger partial charge in [0.2, 0.25) is 0 Å². The van der Waals surface area contributed by atoms with Gasteiger partial charge in [0.25, 0.3) is 0 Å². The lowest BCUT2D eigenvalue weighted by atomic mass is 9.78. The molecule has 0 bridgehead atoms. The minimum Gasteiger partial charge on any atom is -0.456 e. The standard InChI is InChI=1S/C16H20FNO2/c1-19-16(8-3-2-4-9-16)15(18)13-10-11-6-5-7-12(17)14(11)20-13/h5-7,10,15H,2-4,8-9,18H2,1H3. The lowest BCUT2D eigenvalue weighted by Crippen LogP contribution is -2.44. The number of furan rings is 1. The molecule has 2 N–H and O–H groups in total. The van der Waals surface area contributed by atoms with Crippen LogP contribution in [0.2, 0.25) is 0 Å². The van der Waals surface area contributed by atoms with Crippen LogP contribution in [0.5, 0.6) is 0 Å². The van der Waals surface area contributed by atoms with Crippen LogP contribution in [0, 0.1) is 5.82 Å². The largest absolute Gasteiger partial charge is 0.456 e. The second kappa shape index (κ2) is 5.19. The number of ether oxygens (including phenoxy) is 1. The zero-order valence-corrected chi connectivity index (χ0v) is 11.7. The Hall–Kier alpha value is -1.39. The first-order valence-corrected chi connectivity index (χ1v) is 7.15. The molecule has 1 heterocycles. The van der Waals surface area contributed by atoms with E-state index in [1.807, 2.05) is 12.1 Å². The molecule has 4 heteroatoms. The van der Waals surface area contributed by atoms with Gasteiger partial charge in [0, 0.05) is 12.5 Å². The van der Waals surface area contributed by atoms with E-state index in [4.69, 9.17) is 14.9 Å². The van der Waals surface area contributed by atoms with Crippen LogP contribution in [0.25, 0.3) is 11.0 Å². The molecular weight excluding hydrogens is 257 g/mol. The Morgan fingerprint density at radius 2 is 2.05 bits per heavy atom. The van der Waals surface area contributed by atoms with E-state index in [2.05, 4.69) is 0 Å². The molecular formula is C16H20FNO2. The van der Waals surface area contributed by atoms with Crippen molar-refractivity contribution >= 4 is 11.0 Å². The molecule has 2 aromatic rings. The van der Waals surface area contributed by atoms with Crippen molar-refractivity contribution in [2.45, 2.75) is 43.7 Å². The van der Waals surface area contributed by atoms with Crippen LogP contribution < -0.4 is 5.73 Å². The predicted molar refractivity (Wildman–Crippen MR) is 75.9 cm³/mol. The van der Waals surface area contributed by atoms with Crippen molar-refractivity contribution in [2.75, 3.05) is 7.11 Å². The summed E-state index contributed by atoms with van der Waals surface area (Å²) in [5.41, 5.74) is 6.28. The summed E-state index contributed by atoms with van der Waals surface area (Å²) in [5, 5.41) is 0.748. The molecule has 108 valence electrons. The Labute approximate surface area is 117 Å². The third-order valence-corrected chi connectivity index (χ3v) is 4.49. The molecule has 1 aromatic heterocycles. The molecule has 1 aromatic carbocycles. The summed E-state index contributed by atoms with van der Waals surface area (Å²) in [7, 11) is 1.70. The summed E-state index contributed by atoms with van der Waals surface area (Å²) >= 11 is 0. The summed E-state index contributed by atoms with van der Waals surface area (Å²) < 4.78 is 25.1. The van der Waals surface area contributed by atoms with Gasteiger partial charge in [-0.15, -0.1) is 0 Å². The number of rotatable bonds is 3. The molecule has 1 fully saturated rings. The molecule has 1 aliphatic carbocycles. The van der Waals surface area contributed by atoms with E-state index >= 15 is 0 Å².